The van der Waals surface area contributed by atoms with E-state index in [1.807, 2.05) is 19.1 Å². The zero-order valence-electron chi connectivity index (χ0n) is 13.7. The molecule has 3 rings (SSSR count). The van der Waals surface area contributed by atoms with E-state index in [-0.39, 0.29) is 19.0 Å². The molecule has 0 saturated carbocycles. The van der Waals surface area contributed by atoms with E-state index in [9.17, 15) is 13.2 Å². The number of fused-ring (bicyclic) bond motifs is 1. The Morgan fingerprint density at radius 2 is 2.04 bits per heavy atom. The van der Waals surface area contributed by atoms with Crippen molar-refractivity contribution in [2.75, 3.05) is 0 Å². The molecule has 132 valence electrons. The summed E-state index contributed by atoms with van der Waals surface area (Å²) in [6.45, 7) is 2.17. The largest absolute Gasteiger partial charge is 0.393 e. The number of aryl methyl sites for hydroxylation is 1. The van der Waals surface area contributed by atoms with Gasteiger partial charge in [0, 0.05) is 19.0 Å². The summed E-state index contributed by atoms with van der Waals surface area (Å²) in [5.41, 5.74) is 1.58. The fourth-order valence-electron chi connectivity index (χ4n) is 2.99. The molecular weight excluding hydrogens is 331 g/mol. The third kappa shape index (κ3) is 3.82. The van der Waals surface area contributed by atoms with Crippen LogP contribution in [0.4, 0.5) is 13.2 Å². The Bertz CT molecular complexity index is 773. The maximum absolute atomic E-state index is 13.0. The molecular formula is C17H18F3N5. The Hall–Kier alpha value is -2.40. The van der Waals surface area contributed by atoms with Gasteiger partial charge in [-0.2, -0.15) is 18.4 Å². The fraction of sp³-hybridized carbons (Fsp3) is 0.471. The molecule has 0 aliphatic carbocycles. The summed E-state index contributed by atoms with van der Waals surface area (Å²) in [7, 11) is 0. The van der Waals surface area contributed by atoms with Crippen LogP contribution in [0.5, 0.6) is 0 Å². The van der Waals surface area contributed by atoms with E-state index in [2.05, 4.69) is 21.6 Å². The van der Waals surface area contributed by atoms with Gasteiger partial charge in [-0.25, -0.2) is 0 Å². The number of hydrogen-bond acceptors (Lipinski definition) is 4. The Balaban J connectivity index is 1.66. The summed E-state index contributed by atoms with van der Waals surface area (Å²) < 4.78 is 40.5. The minimum atomic E-state index is -4.19. The van der Waals surface area contributed by atoms with Crippen molar-refractivity contribution in [3.63, 3.8) is 0 Å². The quantitative estimate of drug-likeness (QED) is 0.921. The molecule has 1 aromatic heterocycles. The van der Waals surface area contributed by atoms with Gasteiger partial charge in [-0.3, -0.25) is 0 Å². The molecule has 1 aromatic carbocycles. The highest BCUT2D eigenvalue weighted by atomic mass is 19.4. The standard InChI is InChI=1S/C17H18F3N5/c1-11(13-4-2-12(8-21)3-5-13)22-9-16-24-23-15-7-6-14(10-25(15)16)17(18,19)20/h2-5,11,14,22H,6-7,9-10H2,1H3/t11-,14-/m1/s1. The first-order valence-corrected chi connectivity index (χ1v) is 8.09. The number of rotatable bonds is 4. The Morgan fingerprint density at radius 3 is 2.68 bits per heavy atom. The summed E-state index contributed by atoms with van der Waals surface area (Å²) in [5.74, 6) is -0.210. The smallest absolute Gasteiger partial charge is 0.313 e. The molecule has 1 aliphatic rings. The van der Waals surface area contributed by atoms with Gasteiger partial charge < -0.3 is 9.88 Å². The minimum absolute atomic E-state index is 0.0253. The maximum Gasteiger partial charge on any atom is 0.393 e. The first-order chi connectivity index (χ1) is 11.9. The predicted molar refractivity (Wildman–Crippen MR) is 84.3 cm³/mol. The van der Waals surface area contributed by atoms with E-state index >= 15 is 0 Å². The second-order valence-electron chi connectivity index (χ2n) is 6.26. The van der Waals surface area contributed by atoms with Crippen LogP contribution < -0.4 is 5.32 Å². The van der Waals surface area contributed by atoms with Crippen LogP contribution in [0.15, 0.2) is 24.3 Å². The zero-order valence-corrected chi connectivity index (χ0v) is 13.7. The number of benzene rings is 1. The molecule has 25 heavy (non-hydrogen) atoms. The average molecular weight is 349 g/mol. The molecule has 0 saturated heterocycles. The van der Waals surface area contributed by atoms with Crippen LogP contribution in [0.2, 0.25) is 0 Å². The number of aromatic nitrogens is 3. The molecule has 0 fully saturated rings. The zero-order chi connectivity index (χ0) is 18.0. The Kier molecular flexibility index (Phi) is 4.77. The van der Waals surface area contributed by atoms with Crippen molar-refractivity contribution in [2.45, 2.75) is 45.1 Å². The van der Waals surface area contributed by atoms with E-state index in [0.29, 0.717) is 30.2 Å². The average Bonchev–Trinajstić information content (AvgIpc) is 3.01. The van der Waals surface area contributed by atoms with Gasteiger partial charge in [0.25, 0.3) is 0 Å². The number of halogens is 3. The van der Waals surface area contributed by atoms with Crippen molar-refractivity contribution in [3.05, 3.63) is 47.0 Å². The number of nitriles is 1. The van der Waals surface area contributed by atoms with Crippen LogP contribution in [-0.4, -0.2) is 20.9 Å². The molecule has 2 heterocycles. The SMILES string of the molecule is C[C@@H](NCc1nnc2n1C[C@H](C(F)(F)F)CC2)c1ccc(C#N)cc1. The summed E-state index contributed by atoms with van der Waals surface area (Å²) in [6, 6.07) is 9.22. The third-order valence-electron chi connectivity index (χ3n) is 4.59. The van der Waals surface area contributed by atoms with Crippen molar-refractivity contribution >= 4 is 0 Å². The molecule has 5 nitrogen and oxygen atoms in total. The summed E-state index contributed by atoms with van der Waals surface area (Å²) in [6.07, 6.45) is -3.83. The lowest BCUT2D eigenvalue weighted by Gasteiger charge is -2.26. The second kappa shape index (κ2) is 6.84. The van der Waals surface area contributed by atoms with Crippen molar-refractivity contribution in [2.24, 2.45) is 5.92 Å². The first kappa shape index (κ1) is 17.4. The molecule has 8 heteroatoms. The first-order valence-electron chi connectivity index (χ1n) is 8.09. The van der Waals surface area contributed by atoms with E-state index < -0.39 is 12.1 Å². The highest BCUT2D eigenvalue weighted by Crippen LogP contribution is 2.34. The van der Waals surface area contributed by atoms with Gasteiger partial charge >= 0.3 is 6.18 Å². The number of nitrogens with one attached hydrogen (secondary N) is 1. The molecule has 0 spiro atoms. The minimum Gasteiger partial charge on any atom is -0.313 e. The van der Waals surface area contributed by atoms with Gasteiger partial charge in [0.05, 0.1) is 24.1 Å². The molecule has 1 N–H and O–H groups in total. The van der Waals surface area contributed by atoms with Crippen LogP contribution in [0, 0.1) is 17.2 Å². The van der Waals surface area contributed by atoms with Crippen LogP contribution in [0.3, 0.4) is 0 Å². The topological polar surface area (TPSA) is 66.5 Å². The normalized spacial score (nSPS) is 18.4. The van der Waals surface area contributed by atoms with Crippen LogP contribution >= 0.6 is 0 Å². The highest BCUT2D eigenvalue weighted by molar-refractivity contribution is 5.32. The lowest BCUT2D eigenvalue weighted by Crippen LogP contribution is -2.33. The number of hydrogen-bond donors (Lipinski definition) is 1. The third-order valence-corrected chi connectivity index (χ3v) is 4.59. The molecule has 2 atom stereocenters. The lowest BCUT2D eigenvalue weighted by molar-refractivity contribution is -0.182. The van der Waals surface area contributed by atoms with Crippen molar-refractivity contribution < 1.29 is 13.2 Å². The molecule has 1 aliphatic heterocycles. The second-order valence-corrected chi connectivity index (χ2v) is 6.26. The van der Waals surface area contributed by atoms with Gasteiger partial charge in [-0.05, 0) is 31.0 Å². The summed E-state index contributed by atoms with van der Waals surface area (Å²) in [5, 5.41) is 20.1. The number of nitrogens with zero attached hydrogens (tertiary/aromatic N) is 4. The highest BCUT2D eigenvalue weighted by Gasteiger charge is 2.42. The van der Waals surface area contributed by atoms with E-state index in [4.69, 9.17) is 5.26 Å². The van der Waals surface area contributed by atoms with Crippen molar-refractivity contribution in [1.82, 2.24) is 20.1 Å². The van der Waals surface area contributed by atoms with E-state index in [1.54, 1.807) is 16.7 Å². The maximum atomic E-state index is 13.0. The van der Waals surface area contributed by atoms with Crippen LogP contribution in [0.1, 0.15) is 42.2 Å². The van der Waals surface area contributed by atoms with Crippen LogP contribution in [0.25, 0.3) is 0 Å². The van der Waals surface area contributed by atoms with Crippen molar-refractivity contribution in [3.8, 4) is 6.07 Å². The molecule has 0 radical (unpaired) electrons. The van der Waals surface area contributed by atoms with Gasteiger partial charge in [0.15, 0.2) is 0 Å². The van der Waals surface area contributed by atoms with Gasteiger partial charge in [-0.1, -0.05) is 12.1 Å². The lowest BCUT2D eigenvalue weighted by atomic mass is 9.99. The fourth-order valence-corrected chi connectivity index (χ4v) is 2.99. The van der Waals surface area contributed by atoms with Crippen molar-refractivity contribution in [1.29, 1.82) is 5.26 Å². The Morgan fingerprint density at radius 1 is 1.32 bits per heavy atom. The molecule has 2 aromatic rings. The monoisotopic (exact) mass is 349 g/mol. The number of alkyl halides is 3. The molecule has 0 bridgehead atoms. The summed E-state index contributed by atoms with van der Waals surface area (Å²) >= 11 is 0. The molecule has 0 amide bonds. The summed E-state index contributed by atoms with van der Waals surface area (Å²) in [4.78, 5) is 0. The van der Waals surface area contributed by atoms with Gasteiger partial charge in [0.1, 0.15) is 11.6 Å². The van der Waals surface area contributed by atoms with Gasteiger partial charge in [-0.15, -0.1) is 10.2 Å². The van der Waals surface area contributed by atoms with E-state index in [1.165, 1.54) is 0 Å². The predicted octanol–water partition coefficient (Wildman–Crippen LogP) is 3.13. The van der Waals surface area contributed by atoms with Gasteiger partial charge in [0.2, 0.25) is 0 Å². The Labute approximate surface area is 143 Å². The molecule has 0 unspecified atom stereocenters. The van der Waals surface area contributed by atoms with Crippen LogP contribution in [-0.2, 0) is 19.5 Å². The van der Waals surface area contributed by atoms with E-state index in [0.717, 1.165) is 5.56 Å².